The number of ether oxygens (including phenoxy) is 3. The molecule has 0 saturated heterocycles. The predicted molar refractivity (Wildman–Crippen MR) is 122 cm³/mol. The summed E-state index contributed by atoms with van der Waals surface area (Å²) in [7, 11) is 3.24. The second-order valence-corrected chi connectivity index (χ2v) is 7.11. The molecular formula is C26H29NO4. The van der Waals surface area contributed by atoms with Gasteiger partial charge in [-0.25, -0.2) is 0 Å². The molecule has 162 valence electrons. The lowest BCUT2D eigenvalue weighted by atomic mass is 10.1. The van der Waals surface area contributed by atoms with Gasteiger partial charge in [0.15, 0.2) is 11.5 Å². The Morgan fingerprint density at radius 1 is 0.839 bits per heavy atom. The number of rotatable bonds is 10. The molecule has 0 saturated carbocycles. The fourth-order valence-corrected chi connectivity index (χ4v) is 3.39. The molecule has 31 heavy (non-hydrogen) atoms. The van der Waals surface area contributed by atoms with Gasteiger partial charge in [-0.2, -0.15) is 0 Å². The first-order valence-corrected chi connectivity index (χ1v) is 10.4. The summed E-state index contributed by atoms with van der Waals surface area (Å²) in [5.41, 5.74) is 2.82. The molecule has 0 aliphatic carbocycles. The molecule has 0 aliphatic rings. The minimum Gasteiger partial charge on any atom is -0.494 e. The average molecular weight is 420 g/mol. The van der Waals surface area contributed by atoms with Gasteiger partial charge in [-0.1, -0.05) is 36.4 Å². The smallest absolute Gasteiger partial charge is 0.254 e. The molecule has 0 atom stereocenters. The van der Waals surface area contributed by atoms with Gasteiger partial charge in [0.05, 0.1) is 20.8 Å². The van der Waals surface area contributed by atoms with E-state index < -0.39 is 0 Å². The van der Waals surface area contributed by atoms with Crippen molar-refractivity contribution < 1.29 is 19.0 Å². The zero-order valence-electron chi connectivity index (χ0n) is 18.3. The fourth-order valence-electron chi connectivity index (χ4n) is 3.39. The van der Waals surface area contributed by atoms with Crippen LogP contribution in [0.2, 0.25) is 0 Å². The molecular weight excluding hydrogens is 390 g/mol. The van der Waals surface area contributed by atoms with Crippen molar-refractivity contribution in [3.8, 4) is 17.2 Å². The van der Waals surface area contributed by atoms with E-state index in [2.05, 4.69) is 0 Å². The van der Waals surface area contributed by atoms with E-state index in [1.54, 1.807) is 14.2 Å². The summed E-state index contributed by atoms with van der Waals surface area (Å²) in [6.07, 6.45) is 0.704. The van der Waals surface area contributed by atoms with Gasteiger partial charge in [-0.05, 0) is 60.9 Å². The Balaban J connectivity index is 1.77. The molecule has 3 aromatic rings. The lowest BCUT2D eigenvalue weighted by Gasteiger charge is -2.23. The molecule has 0 N–H and O–H groups in total. The molecule has 0 radical (unpaired) electrons. The van der Waals surface area contributed by atoms with E-state index in [1.165, 1.54) is 0 Å². The molecule has 3 rings (SSSR count). The minimum absolute atomic E-state index is 0.00922. The van der Waals surface area contributed by atoms with Crippen molar-refractivity contribution in [1.29, 1.82) is 0 Å². The third-order valence-electron chi connectivity index (χ3n) is 5.03. The Labute approximate surface area is 184 Å². The van der Waals surface area contributed by atoms with Crippen LogP contribution in [0.5, 0.6) is 17.2 Å². The van der Waals surface area contributed by atoms with Gasteiger partial charge in [0.2, 0.25) is 0 Å². The lowest BCUT2D eigenvalue weighted by Crippen LogP contribution is -2.32. The molecule has 3 aromatic carbocycles. The first-order valence-electron chi connectivity index (χ1n) is 10.4. The van der Waals surface area contributed by atoms with Gasteiger partial charge >= 0.3 is 0 Å². The van der Waals surface area contributed by atoms with Gasteiger partial charge in [-0.3, -0.25) is 4.79 Å². The van der Waals surface area contributed by atoms with Crippen molar-refractivity contribution in [1.82, 2.24) is 4.90 Å². The van der Waals surface area contributed by atoms with Crippen molar-refractivity contribution in [2.45, 2.75) is 19.9 Å². The SMILES string of the molecule is CCOc1ccc(CN(CCc2ccc(OC)c(OC)c2)C(=O)c2ccccc2)cc1. The molecule has 5 nitrogen and oxygen atoms in total. The van der Waals surface area contributed by atoms with Crippen LogP contribution in [-0.2, 0) is 13.0 Å². The molecule has 0 aliphatic heterocycles. The van der Waals surface area contributed by atoms with Gasteiger partial charge in [0.25, 0.3) is 5.91 Å². The Kier molecular flexibility index (Phi) is 7.93. The van der Waals surface area contributed by atoms with Crippen molar-refractivity contribution in [3.05, 3.63) is 89.5 Å². The van der Waals surface area contributed by atoms with E-state index >= 15 is 0 Å². The zero-order chi connectivity index (χ0) is 22.1. The normalized spacial score (nSPS) is 10.4. The summed E-state index contributed by atoms with van der Waals surface area (Å²) in [6.45, 7) is 3.69. The Hall–Kier alpha value is -3.47. The zero-order valence-corrected chi connectivity index (χ0v) is 18.3. The predicted octanol–water partition coefficient (Wildman–Crippen LogP) is 4.99. The maximum absolute atomic E-state index is 13.2. The van der Waals surface area contributed by atoms with Gasteiger partial charge in [-0.15, -0.1) is 0 Å². The van der Waals surface area contributed by atoms with Crippen LogP contribution in [0, 0.1) is 0 Å². The molecule has 0 aromatic heterocycles. The fraction of sp³-hybridized carbons (Fsp3) is 0.269. The van der Waals surface area contributed by atoms with Crippen molar-refractivity contribution >= 4 is 5.91 Å². The summed E-state index contributed by atoms with van der Waals surface area (Å²) in [4.78, 5) is 15.1. The summed E-state index contributed by atoms with van der Waals surface area (Å²) in [6, 6.07) is 23.1. The van der Waals surface area contributed by atoms with Crippen LogP contribution < -0.4 is 14.2 Å². The second-order valence-electron chi connectivity index (χ2n) is 7.11. The highest BCUT2D eigenvalue weighted by Crippen LogP contribution is 2.28. The number of hydrogen-bond donors (Lipinski definition) is 0. The molecule has 0 fully saturated rings. The highest BCUT2D eigenvalue weighted by atomic mass is 16.5. The molecule has 5 heteroatoms. The van der Waals surface area contributed by atoms with Crippen molar-refractivity contribution in [2.75, 3.05) is 27.4 Å². The van der Waals surface area contributed by atoms with Gasteiger partial charge < -0.3 is 19.1 Å². The molecule has 0 unspecified atom stereocenters. The largest absolute Gasteiger partial charge is 0.494 e. The van der Waals surface area contributed by atoms with Crippen molar-refractivity contribution in [2.24, 2.45) is 0 Å². The van der Waals surface area contributed by atoms with E-state index in [4.69, 9.17) is 14.2 Å². The van der Waals surface area contributed by atoms with Crippen LogP contribution in [0.15, 0.2) is 72.8 Å². The number of nitrogens with zero attached hydrogens (tertiary/aromatic N) is 1. The number of hydrogen-bond acceptors (Lipinski definition) is 4. The molecule has 0 bridgehead atoms. The number of amides is 1. The first-order chi connectivity index (χ1) is 15.1. The van der Waals surface area contributed by atoms with E-state index in [0.717, 1.165) is 16.9 Å². The summed E-state index contributed by atoms with van der Waals surface area (Å²) >= 11 is 0. The van der Waals surface area contributed by atoms with Crippen LogP contribution in [0.3, 0.4) is 0 Å². The van der Waals surface area contributed by atoms with Crippen LogP contribution in [0.1, 0.15) is 28.4 Å². The van der Waals surface area contributed by atoms with E-state index in [-0.39, 0.29) is 5.91 Å². The summed E-state index contributed by atoms with van der Waals surface area (Å²) in [5.74, 6) is 2.22. The molecule has 1 amide bonds. The third-order valence-corrected chi connectivity index (χ3v) is 5.03. The lowest BCUT2D eigenvalue weighted by molar-refractivity contribution is 0.0745. The van der Waals surface area contributed by atoms with E-state index in [0.29, 0.717) is 43.2 Å². The monoisotopic (exact) mass is 419 g/mol. The minimum atomic E-state index is 0.00922. The maximum atomic E-state index is 13.2. The molecule has 0 heterocycles. The number of carbonyl (C=O) groups is 1. The molecule has 0 spiro atoms. The quantitative estimate of drug-likeness (QED) is 0.465. The first kappa shape index (κ1) is 22.2. The summed E-state index contributed by atoms with van der Waals surface area (Å²) < 4.78 is 16.3. The second kappa shape index (κ2) is 11.1. The number of carbonyl (C=O) groups excluding carboxylic acids is 1. The van der Waals surface area contributed by atoms with Crippen LogP contribution >= 0.6 is 0 Å². The maximum Gasteiger partial charge on any atom is 0.254 e. The third kappa shape index (κ3) is 6.01. The van der Waals surface area contributed by atoms with Gasteiger partial charge in [0, 0.05) is 18.7 Å². The topological polar surface area (TPSA) is 48.0 Å². The number of methoxy groups -OCH3 is 2. The summed E-state index contributed by atoms with van der Waals surface area (Å²) in [5, 5.41) is 0. The van der Waals surface area contributed by atoms with Gasteiger partial charge in [0.1, 0.15) is 5.75 Å². The highest BCUT2D eigenvalue weighted by molar-refractivity contribution is 5.94. The van der Waals surface area contributed by atoms with Crippen LogP contribution in [0.25, 0.3) is 0 Å². The van der Waals surface area contributed by atoms with Crippen LogP contribution in [-0.4, -0.2) is 38.2 Å². The standard InChI is InChI=1S/C26H29NO4/c1-4-31-23-13-10-21(11-14-23)19-27(26(28)22-8-6-5-7-9-22)17-16-20-12-15-24(29-2)25(18-20)30-3/h5-15,18H,4,16-17,19H2,1-3H3. The highest BCUT2D eigenvalue weighted by Gasteiger charge is 2.17. The number of benzene rings is 3. The van der Waals surface area contributed by atoms with Crippen molar-refractivity contribution in [3.63, 3.8) is 0 Å². The van der Waals surface area contributed by atoms with E-state index in [1.807, 2.05) is 84.6 Å². The Morgan fingerprint density at radius 3 is 2.16 bits per heavy atom. The Bertz CT molecular complexity index is 970. The van der Waals surface area contributed by atoms with E-state index in [9.17, 15) is 4.79 Å². The van der Waals surface area contributed by atoms with Crippen LogP contribution in [0.4, 0.5) is 0 Å². The average Bonchev–Trinajstić information content (AvgIpc) is 2.82. The Morgan fingerprint density at radius 2 is 1.52 bits per heavy atom.